The Balaban J connectivity index is 2.74. The van der Waals surface area contributed by atoms with Gasteiger partial charge in [-0.1, -0.05) is 24.3 Å². The molecule has 7 heteroatoms. The minimum atomic E-state index is -3.27. The first kappa shape index (κ1) is 18.3. The van der Waals surface area contributed by atoms with Gasteiger partial charge < -0.3 is 15.8 Å². The van der Waals surface area contributed by atoms with E-state index in [0.717, 1.165) is 11.8 Å². The number of rotatable bonds is 8. The summed E-state index contributed by atoms with van der Waals surface area (Å²) in [6, 6.07) is 6.50. The van der Waals surface area contributed by atoms with Crippen LogP contribution in [-0.4, -0.2) is 46.9 Å². The maximum atomic E-state index is 12.0. The fourth-order valence-corrected chi connectivity index (χ4v) is 2.54. The van der Waals surface area contributed by atoms with Crippen LogP contribution in [0.3, 0.4) is 0 Å². The number of carbonyl (C=O) groups excluding carboxylic acids is 1. The van der Waals surface area contributed by atoms with E-state index < -0.39 is 15.9 Å². The lowest BCUT2D eigenvalue weighted by atomic mass is 10.1. The SMILES string of the molecule is CO[C@@H](Cc1cccc(S(C)(=O)=O)c1)C(=O)NC/C=C/CN. The lowest BCUT2D eigenvalue weighted by Crippen LogP contribution is -2.37. The fourth-order valence-electron chi connectivity index (χ4n) is 1.85. The van der Waals surface area contributed by atoms with Gasteiger partial charge in [0.2, 0.25) is 5.91 Å². The highest BCUT2D eigenvalue weighted by Gasteiger charge is 2.18. The molecule has 122 valence electrons. The van der Waals surface area contributed by atoms with Crippen molar-refractivity contribution < 1.29 is 17.9 Å². The topological polar surface area (TPSA) is 98.5 Å². The predicted molar refractivity (Wildman–Crippen MR) is 85.3 cm³/mol. The van der Waals surface area contributed by atoms with Crippen LogP contribution in [0, 0.1) is 0 Å². The van der Waals surface area contributed by atoms with E-state index in [2.05, 4.69) is 5.32 Å². The van der Waals surface area contributed by atoms with Crippen molar-refractivity contribution in [1.29, 1.82) is 0 Å². The number of hydrogen-bond donors (Lipinski definition) is 2. The van der Waals surface area contributed by atoms with E-state index in [9.17, 15) is 13.2 Å². The quantitative estimate of drug-likeness (QED) is 0.669. The molecule has 0 spiro atoms. The van der Waals surface area contributed by atoms with Crippen molar-refractivity contribution in [3.05, 3.63) is 42.0 Å². The normalized spacial score (nSPS) is 13.2. The van der Waals surface area contributed by atoms with Crippen molar-refractivity contribution in [3.63, 3.8) is 0 Å². The van der Waals surface area contributed by atoms with Gasteiger partial charge in [-0.25, -0.2) is 8.42 Å². The minimum absolute atomic E-state index is 0.228. The van der Waals surface area contributed by atoms with Gasteiger partial charge in [0.25, 0.3) is 0 Å². The molecule has 1 aromatic rings. The zero-order chi connectivity index (χ0) is 16.6. The molecule has 0 fully saturated rings. The molecule has 0 aromatic heterocycles. The van der Waals surface area contributed by atoms with Crippen molar-refractivity contribution in [2.75, 3.05) is 26.5 Å². The first-order valence-electron chi connectivity index (χ1n) is 6.83. The van der Waals surface area contributed by atoms with E-state index >= 15 is 0 Å². The lowest BCUT2D eigenvalue weighted by molar-refractivity contribution is -0.130. The number of nitrogens with one attached hydrogen (secondary N) is 1. The number of ether oxygens (including phenoxy) is 1. The highest BCUT2D eigenvalue weighted by Crippen LogP contribution is 2.13. The number of hydrogen-bond acceptors (Lipinski definition) is 5. The first-order valence-corrected chi connectivity index (χ1v) is 8.72. The number of benzene rings is 1. The van der Waals surface area contributed by atoms with Crippen LogP contribution < -0.4 is 11.1 Å². The zero-order valence-electron chi connectivity index (χ0n) is 12.8. The van der Waals surface area contributed by atoms with Crippen molar-refractivity contribution in [2.24, 2.45) is 5.73 Å². The summed E-state index contributed by atoms with van der Waals surface area (Å²) in [5.41, 5.74) is 6.03. The minimum Gasteiger partial charge on any atom is -0.371 e. The maximum absolute atomic E-state index is 12.0. The summed E-state index contributed by atoms with van der Waals surface area (Å²) in [4.78, 5) is 12.2. The van der Waals surface area contributed by atoms with Crippen LogP contribution in [0.1, 0.15) is 5.56 Å². The van der Waals surface area contributed by atoms with Crippen LogP contribution in [0.2, 0.25) is 0 Å². The van der Waals surface area contributed by atoms with Gasteiger partial charge in [-0.15, -0.1) is 0 Å². The molecule has 0 saturated carbocycles. The average molecular weight is 326 g/mol. The summed E-state index contributed by atoms with van der Waals surface area (Å²) >= 11 is 0. The van der Waals surface area contributed by atoms with Gasteiger partial charge in [0.05, 0.1) is 4.90 Å². The molecule has 0 saturated heterocycles. The molecule has 6 nitrogen and oxygen atoms in total. The third-order valence-electron chi connectivity index (χ3n) is 3.02. The Morgan fingerprint density at radius 3 is 2.73 bits per heavy atom. The summed E-state index contributed by atoms with van der Waals surface area (Å²) < 4.78 is 28.3. The molecule has 3 N–H and O–H groups in total. The number of sulfone groups is 1. The van der Waals surface area contributed by atoms with E-state index in [-0.39, 0.29) is 10.8 Å². The second kappa shape index (κ2) is 8.67. The van der Waals surface area contributed by atoms with E-state index in [1.54, 1.807) is 30.4 Å². The molecule has 1 rings (SSSR count). The molecule has 0 heterocycles. The second-order valence-corrected chi connectivity index (χ2v) is 6.82. The Labute approximate surface area is 131 Å². The van der Waals surface area contributed by atoms with Crippen LogP contribution in [0.15, 0.2) is 41.3 Å². The van der Waals surface area contributed by atoms with E-state index in [0.29, 0.717) is 19.5 Å². The highest BCUT2D eigenvalue weighted by atomic mass is 32.2. The van der Waals surface area contributed by atoms with Gasteiger partial charge in [-0.2, -0.15) is 0 Å². The Morgan fingerprint density at radius 1 is 1.41 bits per heavy atom. The third kappa shape index (κ3) is 5.97. The number of amides is 1. The molecule has 1 atom stereocenters. The van der Waals surface area contributed by atoms with Gasteiger partial charge >= 0.3 is 0 Å². The number of carbonyl (C=O) groups is 1. The standard InChI is InChI=1S/C15H22N2O4S/c1-21-14(15(18)17-9-4-3-8-16)11-12-6-5-7-13(10-12)22(2,19)20/h3-7,10,14H,8-9,11,16H2,1-2H3,(H,17,18)/b4-3+/t14-/m0/s1. The Hall–Kier alpha value is -1.70. The lowest BCUT2D eigenvalue weighted by Gasteiger charge is -2.15. The number of nitrogens with two attached hydrogens (primary N) is 1. The molecule has 0 unspecified atom stereocenters. The molecule has 0 radical (unpaired) electrons. The average Bonchev–Trinajstić information content (AvgIpc) is 2.48. The van der Waals surface area contributed by atoms with Crippen LogP contribution >= 0.6 is 0 Å². The Bertz CT molecular complexity index is 626. The second-order valence-electron chi connectivity index (χ2n) is 4.80. The van der Waals surface area contributed by atoms with E-state index in [1.165, 1.54) is 13.2 Å². The molecular weight excluding hydrogens is 304 g/mol. The van der Waals surface area contributed by atoms with Crippen LogP contribution in [0.4, 0.5) is 0 Å². The molecular formula is C15H22N2O4S. The van der Waals surface area contributed by atoms with Crippen molar-refractivity contribution >= 4 is 15.7 Å². The third-order valence-corrected chi connectivity index (χ3v) is 4.13. The molecule has 22 heavy (non-hydrogen) atoms. The summed E-state index contributed by atoms with van der Waals surface area (Å²) in [6.07, 6.45) is 4.27. The zero-order valence-corrected chi connectivity index (χ0v) is 13.6. The van der Waals surface area contributed by atoms with E-state index in [4.69, 9.17) is 10.5 Å². The van der Waals surface area contributed by atoms with Crippen LogP contribution in [0.5, 0.6) is 0 Å². The van der Waals surface area contributed by atoms with Gasteiger partial charge in [0.15, 0.2) is 9.84 Å². The smallest absolute Gasteiger partial charge is 0.249 e. The molecule has 0 aliphatic carbocycles. The predicted octanol–water partition coefficient (Wildman–Crippen LogP) is 0.279. The van der Waals surface area contributed by atoms with Gasteiger partial charge in [0.1, 0.15) is 6.10 Å². The van der Waals surface area contributed by atoms with Crippen LogP contribution in [0.25, 0.3) is 0 Å². The molecule has 1 aromatic carbocycles. The largest absolute Gasteiger partial charge is 0.371 e. The molecule has 0 aliphatic rings. The fraction of sp³-hybridized carbons (Fsp3) is 0.400. The monoisotopic (exact) mass is 326 g/mol. The highest BCUT2D eigenvalue weighted by molar-refractivity contribution is 7.90. The van der Waals surface area contributed by atoms with Crippen molar-refractivity contribution in [3.8, 4) is 0 Å². The Kier molecular flexibility index (Phi) is 7.23. The Morgan fingerprint density at radius 2 is 2.14 bits per heavy atom. The van der Waals surface area contributed by atoms with Gasteiger partial charge in [0, 0.05) is 32.9 Å². The summed E-state index contributed by atoms with van der Waals surface area (Å²) in [5, 5.41) is 2.71. The summed E-state index contributed by atoms with van der Waals surface area (Å²) in [7, 11) is -1.83. The van der Waals surface area contributed by atoms with Crippen molar-refractivity contribution in [1.82, 2.24) is 5.32 Å². The first-order chi connectivity index (χ1) is 10.4. The maximum Gasteiger partial charge on any atom is 0.249 e. The van der Waals surface area contributed by atoms with Gasteiger partial charge in [-0.05, 0) is 17.7 Å². The van der Waals surface area contributed by atoms with E-state index in [1.807, 2.05) is 0 Å². The van der Waals surface area contributed by atoms with Crippen molar-refractivity contribution in [2.45, 2.75) is 17.4 Å². The summed E-state index contributed by atoms with van der Waals surface area (Å²) in [5.74, 6) is -0.256. The molecule has 1 amide bonds. The summed E-state index contributed by atoms with van der Waals surface area (Å²) in [6.45, 7) is 0.793. The number of methoxy groups -OCH3 is 1. The van der Waals surface area contributed by atoms with Gasteiger partial charge in [-0.3, -0.25) is 4.79 Å². The molecule has 0 aliphatic heterocycles. The van der Waals surface area contributed by atoms with Crippen LogP contribution in [-0.2, 0) is 25.8 Å². The molecule has 0 bridgehead atoms.